The fourth-order valence-electron chi connectivity index (χ4n) is 3.27. The van der Waals surface area contributed by atoms with Crippen LogP contribution >= 0.6 is 0 Å². The van der Waals surface area contributed by atoms with Crippen LogP contribution in [0.3, 0.4) is 0 Å². The largest absolute Gasteiger partial charge is 0.444 e. The highest BCUT2D eigenvalue weighted by Crippen LogP contribution is 2.10. The van der Waals surface area contributed by atoms with E-state index >= 15 is 0 Å². The van der Waals surface area contributed by atoms with Crippen LogP contribution in [0.25, 0.3) is 0 Å². The van der Waals surface area contributed by atoms with Gasteiger partial charge in [-0.3, -0.25) is 14.4 Å². The minimum absolute atomic E-state index is 0.124. The molecule has 3 atom stereocenters. The molecule has 0 fully saturated rings. The lowest BCUT2D eigenvalue weighted by Crippen LogP contribution is -2.59. The number of carbonyl (C=O) groups excluding carboxylic acids is 4. The number of amides is 4. The van der Waals surface area contributed by atoms with Gasteiger partial charge >= 0.3 is 6.09 Å². The number of benzene rings is 1. The van der Waals surface area contributed by atoms with Gasteiger partial charge in [0.2, 0.25) is 17.7 Å². The lowest BCUT2D eigenvalue weighted by atomic mass is 10.00. The molecule has 202 valence electrons. The molecule has 0 aliphatic heterocycles. The summed E-state index contributed by atoms with van der Waals surface area (Å²) < 4.78 is 11.0. The smallest absolute Gasteiger partial charge is 0.408 e. The van der Waals surface area contributed by atoms with Crippen molar-refractivity contribution in [1.29, 1.82) is 0 Å². The van der Waals surface area contributed by atoms with Gasteiger partial charge in [-0.05, 0) is 44.6 Å². The first-order valence-electron chi connectivity index (χ1n) is 12.2. The Morgan fingerprint density at radius 2 is 1.50 bits per heavy atom. The van der Waals surface area contributed by atoms with Crippen LogP contribution in [-0.4, -0.2) is 54.1 Å². The van der Waals surface area contributed by atoms with Crippen molar-refractivity contribution in [2.75, 3.05) is 6.61 Å². The Kier molecular flexibility index (Phi) is 12.4. The molecule has 0 aromatic heterocycles. The van der Waals surface area contributed by atoms with Gasteiger partial charge in [-0.2, -0.15) is 0 Å². The Morgan fingerprint density at radius 3 is 2.00 bits per heavy atom. The number of rotatable bonds is 13. The molecule has 10 nitrogen and oxygen atoms in total. The summed E-state index contributed by atoms with van der Waals surface area (Å²) in [6.07, 6.45) is -0.419. The van der Waals surface area contributed by atoms with Crippen molar-refractivity contribution in [3.8, 4) is 0 Å². The first-order valence-corrected chi connectivity index (χ1v) is 12.2. The van der Waals surface area contributed by atoms with Gasteiger partial charge in [-0.25, -0.2) is 4.79 Å². The maximum atomic E-state index is 13.2. The fourth-order valence-corrected chi connectivity index (χ4v) is 3.27. The third-order valence-electron chi connectivity index (χ3n) is 5.02. The summed E-state index contributed by atoms with van der Waals surface area (Å²) >= 11 is 0. The van der Waals surface area contributed by atoms with Gasteiger partial charge < -0.3 is 31.2 Å². The molecule has 0 radical (unpaired) electrons. The number of primary amides is 1. The quantitative estimate of drug-likeness (QED) is 0.322. The van der Waals surface area contributed by atoms with Gasteiger partial charge in [-0.1, -0.05) is 58.0 Å². The second-order valence-electron chi connectivity index (χ2n) is 10.5. The summed E-state index contributed by atoms with van der Waals surface area (Å²) in [5.41, 5.74) is 5.58. The lowest BCUT2D eigenvalue weighted by molar-refractivity contribution is -0.133. The SMILES string of the molecule is CC(C)C[C@H](NC(=O)[C@H](NC(=O)[C@@H](COCc1ccccc1)NC(=O)OC(C)(C)C)C(C)C)C(N)=O. The standard InChI is InChI=1S/C26H42N4O6/c1-16(2)13-19(22(27)31)28-24(33)21(17(3)4)30-23(32)20(29-25(34)36-26(5,6)7)15-35-14-18-11-9-8-10-12-18/h8-12,16-17,19-21H,13-15H2,1-7H3,(H2,27,31)(H,28,33)(H,29,34)(H,30,32)/t19-,20+,21+/m0/s1. The fraction of sp³-hybridized carbons (Fsp3) is 0.615. The van der Waals surface area contributed by atoms with Gasteiger partial charge in [0.15, 0.2) is 0 Å². The lowest BCUT2D eigenvalue weighted by Gasteiger charge is -2.28. The zero-order valence-corrected chi connectivity index (χ0v) is 22.4. The second-order valence-corrected chi connectivity index (χ2v) is 10.5. The Hall–Kier alpha value is -3.14. The van der Waals surface area contributed by atoms with Crippen molar-refractivity contribution in [3.63, 3.8) is 0 Å². The van der Waals surface area contributed by atoms with Crippen molar-refractivity contribution in [1.82, 2.24) is 16.0 Å². The molecule has 5 N–H and O–H groups in total. The summed E-state index contributed by atoms with van der Waals surface area (Å²) in [7, 11) is 0. The van der Waals surface area contributed by atoms with Crippen molar-refractivity contribution in [2.45, 2.75) is 85.2 Å². The van der Waals surface area contributed by atoms with Crippen molar-refractivity contribution >= 4 is 23.8 Å². The third-order valence-corrected chi connectivity index (χ3v) is 5.02. The molecule has 1 aromatic rings. The van der Waals surface area contributed by atoms with Crippen molar-refractivity contribution < 1.29 is 28.7 Å². The molecule has 10 heteroatoms. The van der Waals surface area contributed by atoms with E-state index in [-0.39, 0.29) is 25.0 Å². The topological polar surface area (TPSA) is 149 Å². The monoisotopic (exact) mass is 506 g/mol. The van der Waals surface area contributed by atoms with E-state index in [1.54, 1.807) is 34.6 Å². The Bertz CT molecular complexity index is 867. The number of hydrogen-bond donors (Lipinski definition) is 4. The van der Waals surface area contributed by atoms with Gasteiger partial charge in [0.05, 0.1) is 13.2 Å². The highest BCUT2D eigenvalue weighted by molar-refractivity contribution is 5.93. The maximum absolute atomic E-state index is 13.2. The van der Waals surface area contributed by atoms with E-state index in [9.17, 15) is 19.2 Å². The van der Waals surface area contributed by atoms with E-state index in [4.69, 9.17) is 15.2 Å². The van der Waals surface area contributed by atoms with Crippen molar-refractivity contribution in [3.05, 3.63) is 35.9 Å². The number of nitrogens with two attached hydrogens (primary N) is 1. The molecular formula is C26H42N4O6. The minimum atomic E-state index is -1.12. The first-order chi connectivity index (χ1) is 16.7. The van der Waals surface area contributed by atoms with Gasteiger partial charge in [0.25, 0.3) is 0 Å². The van der Waals surface area contributed by atoms with Gasteiger partial charge in [0, 0.05) is 0 Å². The molecule has 1 aromatic carbocycles. The normalized spacial score (nSPS) is 14.0. The molecule has 0 saturated heterocycles. The minimum Gasteiger partial charge on any atom is -0.444 e. The molecule has 1 rings (SSSR count). The third kappa shape index (κ3) is 12.0. The van der Waals surface area contributed by atoms with Gasteiger partial charge in [-0.15, -0.1) is 0 Å². The van der Waals surface area contributed by atoms with E-state index in [2.05, 4.69) is 16.0 Å². The number of hydrogen-bond acceptors (Lipinski definition) is 6. The first kappa shape index (κ1) is 30.9. The molecule has 0 heterocycles. The van der Waals surface area contributed by atoms with Crippen LogP contribution in [0.1, 0.15) is 60.5 Å². The Balaban J connectivity index is 2.96. The average Bonchev–Trinajstić information content (AvgIpc) is 2.74. The van der Waals surface area contributed by atoms with Crippen LogP contribution in [0, 0.1) is 11.8 Å². The van der Waals surface area contributed by atoms with Crippen molar-refractivity contribution in [2.24, 2.45) is 17.6 Å². The van der Waals surface area contributed by atoms with Crippen LogP contribution in [0.4, 0.5) is 4.79 Å². The van der Waals surface area contributed by atoms with Crippen LogP contribution in [0.15, 0.2) is 30.3 Å². The molecule has 4 amide bonds. The van der Waals surface area contributed by atoms with E-state index in [0.29, 0.717) is 6.42 Å². The van der Waals surface area contributed by atoms with Crippen LogP contribution in [-0.2, 0) is 30.5 Å². The number of alkyl carbamates (subject to hydrolysis) is 1. The molecular weight excluding hydrogens is 464 g/mol. The highest BCUT2D eigenvalue weighted by Gasteiger charge is 2.32. The van der Waals surface area contributed by atoms with E-state index in [1.165, 1.54) is 0 Å². The molecule has 0 spiro atoms. The molecule has 0 aliphatic rings. The predicted octanol–water partition coefficient (Wildman–Crippen LogP) is 2.25. The Labute approximate surface area is 214 Å². The second kappa shape index (κ2) is 14.4. The van der Waals surface area contributed by atoms with Crippen LogP contribution in [0.2, 0.25) is 0 Å². The summed E-state index contributed by atoms with van der Waals surface area (Å²) in [5, 5.41) is 7.84. The summed E-state index contributed by atoms with van der Waals surface area (Å²) in [4.78, 5) is 50.3. The molecule has 0 unspecified atom stereocenters. The maximum Gasteiger partial charge on any atom is 0.408 e. The predicted molar refractivity (Wildman–Crippen MR) is 137 cm³/mol. The molecule has 0 bridgehead atoms. The molecule has 0 aliphatic carbocycles. The number of carbonyl (C=O) groups is 4. The van der Waals surface area contributed by atoms with Crippen LogP contribution < -0.4 is 21.7 Å². The number of ether oxygens (including phenoxy) is 2. The molecule has 36 heavy (non-hydrogen) atoms. The van der Waals surface area contributed by atoms with Crippen LogP contribution in [0.5, 0.6) is 0 Å². The average molecular weight is 507 g/mol. The Morgan fingerprint density at radius 1 is 0.889 bits per heavy atom. The number of nitrogens with one attached hydrogen (secondary N) is 3. The molecule has 0 saturated carbocycles. The highest BCUT2D eigenvalue weighted by atomic mass is 16.6. The van der Waals surface area contributed by atoms with E-state index in [0.717, 1.165) is 5.56 Å². The van der Waals surface area contributed by atoms with E-state index in [1.807, 2.05) is 44.2 Å². The zero-order chi connectivity index (χ0) is 27.5. The van der Waals surface area contributed by atoms with Gasteiger partial charge in [0.1, 0.15) is 23.7 Å². The zero-order valence-electron chi connectivity index (χ0n) is 22.4. The summed E-state index contributed by atoms with van der Waals surface area (Å²) in [6, 6.07) is 6.41. The van der Waals surface area contributed by atoms with E-state index < -0.39 is 47.5 Å². The summed E-state index contributed by atoms with van der Waals surface area (Å²) in [6.45, 7) is 12.5. The summed E-state index contributed by atoms with van der Waals surface area (Å²) in [5.74, 6) is -2.00.